The highest BCUT2D eigenvalue weighted by Crippen LogP contribution is 2.39. The van der Waals surface area contributed by atoms with Gasteiger partial charge >= 0.3 is 38.7 Å². The van der Waals surface area contributed by atoms with E-state index in [-0.39, 0.29) is 43.3 Å². The summed E-state index contributed by atoms with van der Waals surface area (Å²) < 4.78 is 261. The number of hydrogen-bond donors (Lipinski definition) is 9. The molecule has 6 saturated heterocycles. The number of nitrogens with one attached hydrogen (secondary N) is 9. The van der Waals surface area contributed by atoms with Crippen molar-refractivity contribution in [2.24, 2.45) is 4.40 Å². The smallest absolute Gasteiger partial charge is 0.330 e. The summed E-state index contributed by atoms with van der Waals surface area (Å²) in [6.07, 6.45) is -20.8. The van der Waals surface area contributed by atoms with Crippen LogP contribution in [0.5, 0.6) is 0 Å². The lowest BCUT2D eigenvalue weighted by Crippen LogP contribution is -2.45. The maximum Gasteiger partial charge on any atom is 0.330 e. The van der Waals surface area contributed by atoms with Crippen LogP contribution in [0.15, 0.2) is 114 Å². The molecule has 47 nitrogen and oxygen atoms in total. The topological polar surface area (TPSA) is 618 Å². The Bertz CT molecular complexity index is 5770. The number of sulfonamides is 4. The zero-order valence-electron chi connectivity index (χ0n) is 68.7. The first-order valence-corrected chi connectivity index (χ1v) is 46.2. The van der Waals surface area contributed by atoms with Crippen molar-refractivity contribution in [3.63, 3.8) is 0 Å². The number of aromatic amines is 5. The Morgan fingerprint density at radius 2 is 0.798 bits per heavy atom. The normalized spacial score (nSPS) is 28.3. The molecule has 57 heteroatoms. The zero-order valence-corrected chi connectivity index (χ0v) is 72.8. The molecule has 0 saturated carbocycles. The third-order valence-corrected chi connectivity index (χ3v) is 23.4. The van der Waals surface area contributed by atoms with E-state index >= 15 is 4.39 Å². The van der Waals surface area contributed by atoms with Crippen LogP contribution in [0.1, 0.15) is 107 Å². The Morgan fingerprint density at radius 3 is 1.14 bits per heavy atom. The second-order valence-corrected chi connectivity index (χ2v) is 38.7. The summed E-state index contributed by atoms with van der Waals surface area (Å²) in [5.41, 5.74) is -7.44. The van der Waals surface area contributed by atoms with E-state index in [2.05, 4.69) is 18.8 Å². The summed E-state index contributed by atoms with van der Waals surface area (Å²) in [5.74, 6) is -1.58. The number of rotatable bonds is 28. The van der Waals surface area contributed by atoms with E-state index in [0.717, 1.165) is 103 Å². The van der Waals surface area contributed by atoms with Crippen LogP contribution in [0, 0.1) is 0 Å². The number of H-pyrrole nitrogens is 5. The van der Waals surface area contributed by atoms with Crippen molar-refractivity contribution >= 4 is 62.4 Å². The van der Waals surface area contributed by atoms with Gasteiger partial charge in [-0.05, 0) is 82.7 Å². The first kappa shape index (κ1) is 102. The molecule has 0 unspecified atom stereocenters. The zero-order chi connectivity index (χ0) is 92.9. The highest BCUT2D eigenvalue weighted by molar-refractivity contribution is 7.90. The molecule has 11 heterocycles. The second-order valence-electron chi connectivity index (χ2n) is 29.5. The van der Waals surface area contributed by atoms with Gasteiger partial charge in [0.25, 0.3) is 33.7 Å². The summed E-state index contributed by atoms with van der Waals surface area (Å²) in [6.45, 7) is 16.8. The van der Waals surface area contributed by atoms with Gasteiger partial charge in [-0.2, -0.15) is 21.8 Å². The number of amides is 1. The van der Waals surface area contributed by atoms with Crippen LogP contribution < -0.4 is 75.1 Å². The molecule has 0 spiro atoms. The molecule has 5 aromatic heterocycles. The van der Waals surface area contributed by atoms with Crippen molar-refractivity contribution in [1.82, 2.24) is 70.9 Å². The van der Waals surface area contributed by atoms with Gasteiger partial charge < -0.3 is 47.4 Å². The molecule has 0 radical (unpaired) electrons. The monoisotopic (exact) mass is 1880 g/mol. The molecule has 9 N–H and O–H groups in total. The van der Waals surface area contributed by atoms with Gasteiger partial charge in [-0.25, -0.2) is 89.0 Å². The second kappa shape index (κ2) is 43.3. The molecule has 124 heavy (non-hydrogen) atoms. The molecule has 20 atom stereocenters. The predicted molar refractivity (Wildman–Crippen MR) is 426 cm³/mol. The SMILES string of the molecule is CC(C)O[C@H]1[C@@H](F)[C@H](n2ccc(=O)[nH]c2=O)O[C@@H]1C(=O)NS(C)(=O)=O.CC(C)O[C@H]1[C@@H](F)[C@H](n2ccc(=O)[nH]c2=O)O[C@@H]1CN1CCCS1(=O)=O.CC(C)O[C@H]1[C@@H](F)[C@H](n2ccc(=O)[nH]c2=O)O[C@@H]1CNS(C)(=O)=O.CNS(=O)(=O)C[C@H]1O[C@@H](n2ccc(=O)[nH]c2=O)[C@H](F)[C@@H]1OC(C)C.CNS(=O)(=O)N=C[C@H]1O[C@@H](n2ccc(=O)[nH]c2=O)[C@H](F)[C@@H]1OC(C)C. The van der Waals surface area contributed by atoms with E-state index < -0.39 is 247 Å². The minimum Gasteiger partial charge on any atom is -0.370 e. The molecule has 6 fully saturated rings. The van der Waals surface area contributed by atoms with Crippen molar-refractivity contribution in [3.05, 3.63) is 166 Å². The van der Waals surface area contributed by atoms with Crippen LogP contribution in [0.2, 0.25) is 0 Å². The number of halogens is 5. The fraction of sp³-hybridized carbons (Fsp3) is 0.672. The summed E-state index contributed by atoms with van der Waals surface area (Å²) in [5, 5.41) is 0. The number of ether oxygens (including phenoxy) is 10. The molecule has 6 aliphatic heterocycles. The Kier molecular flexibility index (Phi) is 35.7. The third-order valence-electron chi connectivity index (χ3n) is 17.9. The molecule has 5 aromatic rings. The van der Waals surface area contributed by atoms with Crippen molar-refractivity contribution < 1.29 is 116 Å². The van der Waals surface area contributed by atoms with Gasteiger partial charge in [0.05, 0.1) is 60.8 Å². The van der Waals surface area contributed by atoms with E-state index in [9.17, 15) is 112 Å². The number of carbonyl (C=O) groups is 1. The molecular weight excluding hydrogens is 1780 g/mol. The van der Waals surface area contributed by atoms with Crippen LogP contribution in [0.25, 0.3) is 0 Å². The summed E-state index contributed by atoms with van der Waals surface area (Å²) >= 11 is 0. The molecule has 6 aliphatic rings. The maximum atomic E-state index is 15.0. The summed E-state index contributed by atoms with van der Waals surface area (Å²) in [6, 6.07) is 5.24. The number of hydrogen-bond acceptors (Lipinski definition) is 31. The van der Waals surface area contributed by atoms with Crippen LogP contribution >= 0.6 is 0 Å². The van der Waals surface area contributed by atoms with Crippen molar-refractivity contribution in [3.8, 4) is 0 Å². The van der Waals surface area contributed by atoms with Crippen LogP contribution in [0.3, 0.4) is 0 Å². The summed E-state index contributed by atoms with van der Waals surface area (Å²) in [7, 11) is -16.0. The Labute approximate surface area is 703 Å². The largest absolute Gasteiger partial charge is 0.370 e. The first-order chi connectivity index (χ1) is 57.5. The number of aromatic nitrogens is 10. The lowest BCUT2D eigenvalue weighted by molar-refractivity contribution is -0.139. The lowest BCUT2D eigenvalue weighted by atomic mass is 10.1. The first-order valence-electron chi connectivity index (χ1n) is 37.7. The van der Waals surface area contributed by atoms with E-state index in [4.69, 9.17) is 47.4 Å². The van der Waals surface area contributed by atoms with Crippen molar-refractivity contribution in [2.45, 2.75) is 229 Å². The van der Waals surface area contributed by atoms with E-state index in [1.54, 1.807) is 74.0 Å². The Hall–Kier alpha value is -8.62. The van der Waals surface area contributed by atoms with Crippen LogP contribution in [0.4, 0.5) is 22.0 Å². The predicted octanol–water partition coefficient (Wildman–Crippen LogP) is -4.43. The Balaban J connectivity index is 0.000000213. The molecule has 0 bridgehead atoms. The van der Waals surface area contributed by atoms with Crippen molar-refractivity contribution in [1.29, 1.82) is 0 Å². The lowest BCUT2D eigenvalue weighted by Gasteiger charge is -2.25. The fourth-order valence-electron chi connectivity index (χ4n) is 12.8. The highest BCUT2D eigenvalue weighted by Gasteiger charge is 2.54. The van der Waals surface area contributed by atoms with Crippen molar-refractivity contribution in [2.75, 3.05) is 57.7 Å². The van der Waals surface area contributed by atoms with Gasteiger partial charge in [0.1, 0.15) is 54.9 Å². The van der Waals surface area contributed by atoms with Gasteiger partial charge in [0.15, 0.2) is 68.1 Å². The van der Waals surface area contributed by atoms with Gasteiger partial charge in [0, 0.05) is 88.0 Å². The minimum absolute atomic E-state index is 0.0469. The molecule has 0 aliphatic carbocycles. The fourth-order valence-corrected chi connectivity index (χ4v) is 16.6. The van der Waals surface area contributed by atoms with Gasteiger partial charge in [0.2, 0.25) is 40.1 Å². The highest BCUT2D eigenvalue weighted by atomic mass is 32.2. The number of nitrogens with zero attached hydrogens (tertiary/aromatic N) is 7. The van der Waals surface area contributed by atoms with E-state index in [1.807, 2.05) is 24.7 Å². The van der Waals surface area contributed by atoms with Gasteiger partial charge in [-0.15, -0.1) is 0 Å². The number of alkyl halides is 5. The number of carbonyl (C=O) groups excluding carboxylic acids is 1. The average Bonchev–Trinajstić information content (AvgIpc) is 1.90. The maximum absolute atomic E-state index is 15.0. The van der Waals surface area contributed by atoms with Crippen LogP contribution in [-0.4, -0.2) is 286 Å². The average molecular weight is 1880 g/mol. The molecule has 1 amide bonds. The van der Waals surface area contributed by atoms with E-state index in [0.29, 0.717) is 13.0 Å². The summed E-state index contributed by atoms with van der Waals surface area (Å²) in [4.78, 5) is 137. The molecule has 698 valence electrons. The van der Waals surface area contributed by atoms with Gasteiger partial charge in [-0.3, -0.25) is 81.2 Å². The van der Waals surface area contributed by atoms with E-state index in [1.165, 1.54) is 18.4 Å². The Morgan fingerprint density at radius 1 is 0.476 bits per heavy atom. The molecule has 0 aromatic carbocycles. The standard InChI is InChI=1S/C15H22FN3O6S.C13H19FN4O6S.C13H18FN3O7S.2C13H20FN3O6S/c1-9(2)24-13-10(8-18-5-3-7-26(18,22)23)25-14(12(13)16)19-6-4-11(20)17-15(19)21;1-7(2)23-11-8(6-16-25(21,22)15-3)24-12(10(11)14)18-5-4-9(19)17-13(18)20;1-6(2)23-9-8(14)12(17-5-4-7(18)15-13(17)20)24-10(9)11(19)16-25(3,21)22;1-7(2)22-11-8(6-15-24(3,20)21)23-12(10(11)14)17-5-4-9(18)16-13(17)19;1-7(2)22-11-8(6-24(20,21)15-3)23-12(10(11)14)17-5-4-9(18)16-13(17)19/h4,6,9-10,12-14H,3,5,7-8H2,1-2H3,(H,17,20,21);4-8,10-12,15H,1-3H3,(H,17,19,20);4-6,8-10,12H,1-3H3,(H,16,19)(H,15,18,20);2*4-5,7-8,10-12,15H,6H2,1-3H3,(H,16,18,19)/t10-,12-,13-,14-;8-,10-,11-,12-;8-,9+,10+,12-;2*8-,10-,11-,12-/m11111/s1. The quantitative estimate of drug-likeness (QED) is 0.0169. The molecular formula is C67H99F5N16O31S5. The minimum atomic E-state index is -3.93. The third kappa shape index (κ3) is 28.2. The molecule has 11 rings (SSSR count). The van der Waals surface area contributed by atoms with Crippen LogP contribution in [-0.2, 0) is 102 Å². The van der Waals surface area contributed by atoms with Gasteiger partial charge in [-0.1, -0.05) is 0 Å².